The first-order chi connectivity index (χ1) is 8.19. The number of esters is 1. The standard InChI is InChI=1S/C8H9F3O6S/c1-15-7(12)6-5(3-2-4-16-6)17-18(13,14)8(9,10)11/h2-4H2,1H3. The molecule has 0 amide bonds. The van der Waals surface area contributed by atoms with Crippen LogP contribution in [0.25, 0.3) is 0 Å². The smallest absolute Gasteiger partial charge is 0.484 e. The zero-order chi connectivity index (χ0) is 14.0. The number of hydrogen-bond donors (Lipinski definition) is 0. The number of rotatable bonds is 3. The van der Waals surface area contributed by atoms with Gasteiger partial charge in [-0.25, -0.2) is 4.79 Å². The van der Waals surface area contributed by atoms with Crippen molar-refractivity contribution in [2.45, 2.75) is 18.3 Å². The molecule has 10 heteroatoms. The number of alkyl halides is 3. The van der Waals surface area contributed by atoms with Crippen LogP contribution >= 0.6 is 0 Å². The average molecular weight is 290 g/mol. The second-order valence-corrected chi connectivity index (χ2v) is 4.72. The lowest BCUT2D eigenvalue weighted by atomic mass is 10.2. The number of ether oxygens (including phenoxy) is 2. The number of halogens is 3. The maximum Gasteiger partial charge on any atom is 0.534 e. The van der Waals surface area contributed by atoms with Crippen LogP contribution in [0, 0.1) is 0 Å². The molecule has 1 heterocycles. The van der Waals surface area contributed by atoms with E-state index in [-0.39, 0.29) is 19.4 Å². The van der Waals surface area contributed by atoms with Gasteiger partial charge in [-0.1, -0.05) is 0 Å². The van der Waals surface area contributed by atoms with Crippen molar-refractivity contribution < 1.29 is 40.0 Å². The van der Waals surface area contributed by atoms with Crippen molar-refractivity contribution in [1.29, 1.82) is 0 Å². The molecule has 0 aromatic heterocycles. The number of carbonyl (C=O) groups is 1. The third-order valence-electron chi connectivity index (χ3n) is 1.91. The van der Waals surface area contributed by atoms with E-state index in [1.165, 1.54) is 0 Å². The van der Waals surface area contributed by atoms with Gasteiger partial charge < -0.3 is 13.7 Å². The summed E-state index contributed by atoms with van der Waals surface area (Å²) in [6.07, 6.45) is 0.0585. The van der Waals surface area contributed by atoms with Gasteiger partial charge in [0.15, 0.2) is 5.76 Å². The Morgan fingerprint density at radius 2 is 2.00 bits per heavy atom. The molecule has 1 aliphatic heterocycles. The van der Waals surface area contributed by atoms with Crippen LogP contribution < -0.4 is 0 Å². The van der Waals surface area contributed by atoms with E-state index in [2.05, 4.69) is 8.92 Å². The Labute approximate surface area is 100 Å². The van der Waals surface area contributed by atoms with Crippen LogP contribution in [0.5, 0.6) is 0 Å². The van der Waals surface area contributed by atoms with Crippen LogP contribution in [-0.2, 0) is 28.6 Å². The lowest BCUT2D eigenvalue weighted by Crippen LogP contribution is -2.27. The molecule has 0 spiro atoms. The summed E-state index contributed by atoms with van der Waals surface area (Å²) < 4.78 is 70.8. The van der Waals surface area contributed by atoms with Gasteiger partial charge in [0.2, 0.25) is 5.76 Å². The largest absolute Gasteiger partial charge is 0.534 e. The summed E-state index contributed by atoms with van der Waals surface area (Å²) in [5.74, 6) is -2.45. The molecule has 1 rings (SSSR count). The molecule has 0 atom stereocenters. The monoisotopic (exact) mass is 290 g/mol. The highest BCUT2D eigenvalue weighted by atomic mass is 32.2. The number of hydrogen-bond acceptors (Lipinski definition) is 6. The molecule has 0 fully saturated rings. The van der Waals surface area contributed by atoms with Gasteiger partial charge in [0.25, 0.3) is 0 Å². The van der Waals surface area contributed by atoms with Gasteiger partial charge in [0.05, 0.1) is 13.7 Å². The molecule has 104 valence electrons. The van der Waals surface area contributed by atoms with E-state index in [0.29, 0.717) is 0 Å². The Morgan fingerprint density at radius 3 is 2.50 bits per heavy atom. The van der Waals surface area contributed by atoms with Gasteiger partial charge in [-0.2, -0.15) is 21.6 Å². The van der Waals surface area contributed by atoms with Crippen molar-refractivity contribution >= 4 is 16.1 Å². The molecule has 0 unspecified atom stereocenters. The SMILES string of the molecule is COC(=O)C1=C(OS(=O)(=O)C(F)(F)F)CCCO1. The maximum atomic E-state index is 12.1. The molecule has 18 heavy (non-hydrogen) atoms. The van der Waals surface area contributed by atoms with Gasteiger partial charge in [-0.3, -0.25) is 0 Å². The van der Waals surface area contributed by atoms with Crippen molar-refractivity contribution in [2.75, 3.05) is 13.7 Å². The summed E-state index contributed by atoms with van der Waals surface area (Å²) in [7, 11) is -4.84. The van der Waals surface area contributed by atoms with Crippen LogP contribution in [0.2, 0.25) is 0 Å². The molecule has 0 saturated heterocycles. The molecule has 1 aliphatic rings. The highest BCUT2D eigenvalue weighted by Gasteiger charge is 2.49. The van der Waals surface area contributed by atoms with Gasteiger partial charge in [-0.15, -0.1) is 0 Å². The minimum Gasteiger partial charge on any atom is -0.484 e. The second kappa shape index (κ2) is 5.04. The molecule has 6 nitrogen and oxygen atoms in total. The Bertz CT molecular complexity index is 464. The topological polar surface area (TPSA) is 78.9 Å². The first-order valence-electron chi connectivity index (χ1n) is 4.64. The molecule has 0 N–H and O–H groups in total. The minimum atomic E-state index is -5.82. The first kappa shape index (κ1) is 14.6. The average Bonchev–Trinajstić information content (AvgIpc) is 2.26. The lowest BCUT2D eigenvalue weighted by molar-refractivity contribution is -0.141. The van der Waals surface area contributed by atoms with Crippen LogP contribution in [0.4, 0.5) is 13.2 Å². The van der Waals surface area contributed by atoms with E-state index in [9.17, 15) is 26.4 Å². The van der Waals surface area contributed by atoms with Crippen LogP contribution in [-0.4, -0.2) is 33.6 Å². The number of methoxy groups -OCH3 is 1. The van der Waals surface area contributed by atoms with Gasteiger partial charge >= 0.3 is 21.6 Å². The van der Waals surface area contributed by atoms with Crippen LogP contribution in [0.3, 0.4) is 0 Å². The summed E-state index contributed by atoms with van der Waals surface area (Å²) >= 11 is 0. The summed E-state index contributed by atoms with van der Waals surface area (Å²) in [4.78, 5) is 11.2. The maximum absolute atomic E-state index is 12.1. The Morgan fingerprint density at radius 1 is 1.39 bits per heavy atom. The zero-order valence-electron chi connectivity index (χ0n) is 9.11. The fourth-order valence-corrected chi connectivity index (χ4v) is 1.64. The van der Waals surface area contributed by atoms with Gasteiger partial charge in [-0.05, 0) is 6.42 Å². The fourth-order valence-electron chi connectivity index (χ4n) is 1.13. The van der Waals surface area contributed by atoms with E-state index in [0.717, 1.165) is 7.11 Å². The highest BCUT2D eigenvalue weighted by Crippen LogP contribution is 2.30. The summed E-state index contributed by atoms with van der Waals surface area (Å²) in [5.41, 5.74) is -5.57. The Balaban J connectivity index is 3.06. The van der Waals surface area contributed by atoms with Gasteiger partial charge in [0, 0.05) is 6.42 Å². The van der Waals surface area contributed by atoms with Crippen molar-refractivity contribution in [3.8, 4) is 0 Å². The predicted octanol–water partition coefficient (Wildman–Crippen LogP) is 1.05. The predicted molar refractivity (Wildman–Crippen MR) is 50.3 cm³/mol. The van der Waals surface area contributed by atoms with Crippen LogP contribution in [0.1, 0.15) is 12.8 Å². The van der Waals surface area contributed by atoms with Gasteiger partial charge in [0.1, 0.15) is 0 Å². The molecule has 0 aromatic rings. The molecule has 0 bridgehead atoms. The lowest BCUT2D eigenvalue weighted by Gasteiger charge is -2.19. The summed E-state index contributed by atoms with van der Waals surface area (Å²) in [5, 5.41) is 0. The van der Waals surface area contributed by atoms with E-state index >= 15 is 0 Å². The molecule has 0 aromatic carbocycles. The van der Waals surface area contributed by atoms with E-state index in [1.807, 2.05) is 0 Å². The molecular formula is C8H9F3O6S. The third-order valence-corrected chi connectivity index (χ3v) is 2.90. The third kappa shape index (κ3) is 3.06. The summed E-state index contributed by atoms with van der Waals surface area (Å²) in [6.45, 7) is 0.0589. The minimum absolute atomic E-state index is 0.0589. The number of carbonyl (C=O) groups excluding carboxylic acids is 1. The first-order valence-corrected chi connectivity index (χ1v) is 6.05. The van der Waals surface area contributed by atoms with Crippen molar-refractivity contribution in [3.63, 3.8) is 0 Å². The highest BCUT2D eigenvalue weighted by molar-refractivity contribution is 7.87. The quantitative estimate of drug-likeness (QED) is 0.439. The fraction of sp³-hybridized carbons (Fsp3) is 0.625. The molecule has 0 aliphatic carbocycles. The van der Waals surface area contributed by atoms with Crippen LogP contribution in [0.15, 0.2) is 11.5 Å². The Hall–Kier alpha value is -1.45. The Kier molecular flexibility index (Phi) is 4.09. The molecular weight excluding hydrogens is 281 g/mol. The normalized spacial score (nSPS) is 17.1. The molecule has 0 saturated carbocycles. The second-order valence-electron chi connectivity index (χ2n) is 3.18. The molecule has 0 radical (unpaired) electrons. The van der Waals surface area contributed by atoms with E-state index in [4.69, 9.17) is 4.74 Å². The van der Waals surface area contributed by atoms with Crippen molar-refractivity contribution in [1.82, 2.24) is 0 Å². The van der Waals surface area contributed by atoms with Crippen molar-refractivity contribution in [3.05, 3.63) is 11.5 Å². The number of allylic oxidation sites excluding steroid dienone is 1. The summed E-state index contributed by atoms with van der Waals surface area (Å²) in [6, 6.07) is 0. The van der Waals surface area contributed by atoms with Crippen molar-refractivity contribution in [2.24, 2.45) is 0 Å². The zero-order valence-corrected chi connectivity index (χ0v) is 9.93. The van der Waals surface area contributed by atoms with E-state index in [1.54, 1.807) is 0 Å². The van der Waals surface area contributed by atoms with E-state index < -0.39 is 33.1 Å².